The summed E-state index contributed by atoms with van der Waals surface area (Å²) in [6.45, 7) is 0.208. The van der Waals surface area contributed by atoms with Gasteiger partial charge in [-0.3, -0.25) is 0 Å². The molecule has 0 aliphatic heterocycles. The lowest BCUT2D eigenvalue weighted by Gasteiger charge is -2.10. The molecule has 2 aromatic rings. The summed E-state index contributed by atoms with van der Waals surface area (Å²) in [7, 11) is 0. The minimum Gasteiger partial charge on any atom is -0.488 e. The van der Waals surface area contributed by atoms with Gasteiger partial charge in [0.05, 0.1) is 4.47 Å². The van der Waals surface area contributed by atoms with Gasteiger partial charge in [-0.1, -0.05) is 28.9 Å². The molecule has 2 aromatic carbocycles. The largest absolute Gasteiger partial charge is 0.488 e. The molecule has 0 aliphatic carbocycles. The Kier molecular flexibility index (Phi) is 5.03. The molecule has 3 N–H and O–H groups in total. The molecule has 0 unspecified atom stereocenters. The Balaban J connectivity index is 2.13. The molecule has 0 heterocycles. The van der Waals surface area contributed by atoms with Gasteiger partial charge in [0.2, 0.25) is 0 Å². The highest BCUT2D eigenvalue weighted by Gasteiger charge is 2.08. The number of nitrogens with zero attached hydrogens (tertiary/aromatic N) is 1. The summed E-state index contributed by atoms with van der Waals surface area (Å²) in [6, 6.07) is 9.11. The number of nitrogens with two attached hydrogens (primary N) is 1. The highest BCUT2D eigenvalue weighted by Crippen LogP contribution is 2.27. The van der Waals surface area contributed by atoms with Gasteiger partial charge in [-0.15, -0.1) is 0 Å². The Morgan fingerprint density at radius 1 is 1.33 bits per heavy atom. The van der Waals surface area contributed by atoms with Crippen LogP contribution in [0.2, 0.25) is 5.02 Å². The van der Waals surface area contributed by atoms with E-state index in [1.807, 2.05) is 0 Å². The van der Waals surface area contributed by atoms with Crippen LogP contribution < -0.4 is 10.5 Å². The highest BCUT2D eigenvalue weighted by molar-refractivity contribution is 9.10. The molecule has 2 rings (SSSR count). The average Bonchev–Trinajstić information content (AvgIpc) is 2.46. The van der Waals surface area contributed by atoms with Crippen LogP contribution in [0.5, 0.6) is 5.75 Å². The first-order chi connectivity index (χ1) is 10.0. The third-order valence-electron chi connectivity index (χ3n) is 2.73. The first-order valence-corrected chi connectivity index (χ1v) is 7.02. The summed E-state index contributed by atoms with van der Waals surface area (Å²) < 4.78 is 19.1. The van der Waals surface area contributed by atoms with E-state index in [-0.39, 0.29) is 18.3 Å². The van der Waals surface area contributed by atoms with Crippen molar-refractivity contribution in [1.29, 1.82) is 0 Å². The molecule has 0 radical (unpaired) electrons. The van der Waals surface area contributed by atoms with Crippen molar-refractivity contribution in [3.63, 3.8) is 0 Å². The maximum atomic E-state index is 13.0. The fraction of sp³-hybridized carbons (Fsp3) is 0.0714. The SMILES string of the molecule is N/C(=N/O)c1ccc(COc2ccc(F)cc2Br)c(Cl)c1. The molecule has 0 atom stereocenters. The zero-order valence-electron chi connectivity index (χ0n) is 10.7. The van der Waals surface area contributed by atoms with Crippen molar-refractivity contribution in [2.24, 2.45) is 10.9 Å². The zero-order chi connectivity index (χ0) is 15.4. The quantitative estimate of drug-likeness (QED) is 0.369. The standard InChI is InChI=1S/C14H11BrClFN2O2/c15-11-6-10(17)3-4-13(11)21-7-9-2-1-8(5-12(9)16)14(18)19-20/h1-6,20H,7H2,(H2,18,19). The number of rotatable bonds is 4. The summed E-state index contributed by atoms with van der Waals surface area (Å²) in [4.78, 5) is 0. The monoisotopic (exact) mass is 372 g/mol. The summed E-state index contributed by atoms with van der Waals surface area (Å²) in [5.74, 6) is 0.133. The second-order valence-electron chi connectivity index (χ2n) is 4.15. The predicted molar refractivity (Wildman–Crippen MR) is 82.4 cm³/mol. The average molecular weight is 374 g/mol. The summed E-state index contributed by atoms with van der Waals surface area (Å²) in [5.41, 5.74) is 6.71. The molecule has 0 aromatic heterocycles. The number of ether oxygens (including phenoxy) is 1. The van der Waals surface area contributed by atoms with Gasteiger partial charge in [0.15, 0.2) is 5.84 Å². The van der Waals surface area contributed by atoms with E-state index in [0.717, 1.165) is 5.56 Å². The van der Waals surface area contributed by atoms with Crippen molar-refractivity contribution in [2.45, 2.75) is 6.61 Å². The lowest BCUT2D eigenvalue weighted by molar-refractivity contribution is 0.304. The molecule has 21 heavy (non-hydrogen) atoms. The Hall–Kier alpha value is -1.79. The van der Waals surface area contributed by atoms with Gasteiger partial charge >= 0.3 is 0 Å². The zero-order valence-corrected chi connectivity index (χ0v) is 13.0. The fourth-order valence-corrected chi connectivity index (χ4v) is 2.33. The molecule has 7 heteroatoms. The fourth-order valence-electron chi connectivity index (χ4n) is 1.63. The van der Waals surface area contributed by atoms with E-state index in [9.17, 15) is 4.39 Å². The lowest BCUT2D eigenvalue weighted by atomic mass is 10.1. The van der Waals surface area contributed by atoms with Gasteiger partial charge in [-0.25, -0.2) is 4.39 Å². The van der Waals surface area contributed by atoms with Crippen molar-refractivity contribution in [3.05, 3.63) is 62.8 Å². The van der Waals surface area contributed by atoms with Crippen LogP contribution in [0.1, 0.15) is 11.1 Å². The number of hydrogen-bond acceptors (Lipinski definition) is 3. The Morgan fingerprint density at radius 2 is 2.10 bits per heavy atom. The molecule has 0 saturated carbocycles. The van der Waals surface area contributed by atoms with E-state index in [0.29, 0.717) is 20.8 Å². The molecular formula is C14H11BrClFN2O2. The van der Waals surface area contributed by atoms with Crippen LogP contribution in [-0.4, -0.2) is 11.0 Å². The van der Waals surface area contributed by atoms with Crippen LogP contribution in [0.3, 0.4) is 0 Å². The van der Waals surface area contributed by atoms with Crippen LogP contribution in [0.15, 0.2) is 46.0 Å². The van der Waals surface area contributed by atoms with Gasteiger partial charge in [0.1, 0.15) is 18.2 Å². The summed E-state index contributed by atoms with van der Waals surface area (Å²) in [6.07, 6.45) is 0. The van der Waals surface area contributed by atoms with Gasteiger partial charge in [-0.05, 0) is 40.2 Å². The minimum atomic E-state index is -0.352. The second-order valence-corrected chi connectivity index (χ2v) is 5.42. The molecule has 0 bridgehead atoms. The first kappa shape index (κ1) is 15.6. The van der Waals surface area contributed by atoms with Crippen LogP contribution in [0.4, 0.5) is 4.39 Å². The number of oxime groups is 1. The molecule has 0 saturated heterocycles. The van der Waals surface area contributed by atoms with Crippen molar-refractivity contribution in [2.75, 3.05) is 0 Å². The molecule has 0 fully saturated rings. The first-order valence-electron chi connectivity index (χ1n) is 5.85. The van der Waals surface area contributed by atoms with Gasteiger partial charge in [0, 0.05) is 16.1 Å². The van der Waals surface area contributed by atoms with Crippen LogP contribution in [0, 0.1) is 5.82 Å². The van der Waals surface area contributed by atoms with Crippen molar-refractivity contribution >= 4 is 33.4 Å². The van der Waals surface area contributed by atoms with E-state index in [1.54, 1.807) is 18.2 Å². The van der Waals surface area contributed by atoms with E-state index in [1.165, 1.54) is 18.2 Å². The molecule has 4 nitrogen and oxygen atoms in total. The third-order valence-corrected chi connectivity index (χ3v) is 3.71. The summed E-state index contributed by atoms with van der Waals surface area (Å²) in [5, 5.41) is 11.9. The maximum Gasteiger partial charge on any atom is 0.170 e. The van der Waals surface area contributed by atoms with Crippen LogP contribution in [-0.2, 0) is 6.61 Å². The van der Waals surface area contributed by atoms with Gasteiger partial charge in [-0.2, -0.15) is 0 Å². The minimum absolute atomic E-state index is 0.0225. The Bertz CT molecular complexity index is 695. The highest BCUT2D eigenvalue weighted by atomic mass is 79.9. The molecular weight excluding hydrogens is 363 g/mol. The van der Waals surface area contributed by atoms with E-state index in [4.69, 9.17) is 27.3 Å². The normalized spacial score (nSPS) is 11.5. The molecule has 0 spiro atoms. The van der Waals surface area contributed by atoms with Crippen LogP contribution >= 0.6 is 27.5 Å². The predicted octanol–water partition coefficient (Wildman–Crippen LogP) is 3.92. The van der Waals surface area contributed by atoms with Gasteiger partial charge < -0.3 is 15.7 Å². The van der Waals surface area contributed by atoms with E-state index >= 15 is 0 Å². The van der Waals surface area contributed by atoms with Crippen molar-refractivity contribution < 1.29 is 14.3 Å². The lowest BCUT2D eigenvalue weighted by Crippen LogP contribution is -2.13. The number of halogens is 3. The number of amidine groups is 1. The maximum absolute atomic E-state index is 13.0. The number of benzene rings is 2. The van der Waals surface area contributed by atoms with Crippen LogP contribution in [0.25, 0.3) is 0 Å². The van der Waals surface area contributed by atoms with E-state index in [2.05, 4.69) is 21.1 Å². The summed E-state index contributed by atoms with van der Waals surface area (Å²) >= 11 is 9.34. The Morgan fingerprint density at radius 3 is 2.71 bits per heavy atom. The number of hydrogen-bond donors (Lipinski definition) is 2. The second kappa shape index (κ2) is 6.78. The van der Waals surface area contributed by atoms with Crippen molar-refractivity contribution in [3.8, 4) is 5.75 Å². The molecule has 110 valence electrons. The topological polar surface area (TPSA) is 67.8 Å². The Labute approximate surface area is 134 Å². The van der Waals surface area contributed by atoms with E-state index < -0.39 is 0 Å². The van der Waals surface area contributed by atoms with Crippen molar-refractivity contribution in [1.82, 2.24) is 0 Å². The smallest absolute Gasteiger partial charge is 0.170 e. The van der Waals surface area contributed by atoms with Gasteiger partial charge in [0.25, 0.3) is 0 Å². The molecule has 0 amide bonds. The molecule has 0 aliphatic rings. The third kappa shape index (κ3) is 3.86.